The number of aryl methyl sites for hydroxylation is 3. The summed E-state index contributed by atoms with van der Waals surface area (Å²) >= 11 is 1.53. The van der Waals surface area contributed by atoms with Crippen LogP contribution >= 0.6 is 11.3 Å². The van der Waals surface area contributed by atoms with E-state index in [0.29, 0.717) is 41.3 Å². The Bertz CT molecular complexity index is 1370. The monoisotopic (exact) mass is 460 g/mol. The fourth-order valence-corrected chi connectivity index (χ4v) is 5.07. The molecule has 0 bridgehead atoms. The minimum absolute atomic E-state index is 0.0629. The van der Waals surface area contributed by atoms with Crippen LogP contribution in [0.15, 0.2) is 46.9 Å². The molecular weight excluding hydrogens is 436 g/mol. The van der Waals surface area contributed by atoms with Crippen LogP contribution in [0.3, 0.4) is 0 Å². The van der Waals surface area contributed by atoms with Crippen LogP contribution in [0.5, 0.6) is 0 Å². The first-order valence-corrected chi connectivity index (χ1v) is 11.7. The molecule has 1 aliphatic heterocycles. The Kier molecular flexibility index (Phi) is 5.46. The van der Waals surface area contributed by atoms with Gasteiger partial charge in [-0.2, -0.15) is 0 Å². The normalized spacial score (nSPS) is 15.5. The smallest absolute Gasteiger partial charge is 0.274 e. The fraction of sp³-hybridized carbons (Fsp3) is 0.280. The molecule has 1 N–H and O–H groups in total. The predicted molar refractivity (Wildman–Crippen MR) is 128 cm³/mol. The second-order valence-electron chi connectivity index (χ2n) is 8.32. The van der Waals surface area contributed by atoms with Crippen LogP contribution in [-0.4, -0.2) is 45.8 Å². The van der Waals surface area contributed by atoms with Crippen LogP contribution < -0.4 is 5.32 Å². The number of hydrogen-bond acceptors (Lipinski definition) is 6. The standard InChI is InChI=1S/C25H24N4O3S/c1-14-6-4-7-17(12-14)23-22(28-16(3)33-23)25(31)29-11-10-18(29)13-26-24(30)19-8-5-9-20-21(19)27-15(2)32-20/h4-9,12,18H,10-11,13H2,1-3H3,(H,26,30)/t18-/m0/s1. The quantitative estimate of drug-likeness (QED) is 0.473. The highest BCUT2D eigenvalue weighted by Crippen LogP contribution is 2.33. The van der Waals surface area contributed by atoms with Gasteiger partial charge in [0.25, 0.3) is 11.8 Å². The van der Waals surface area contributed by atoms with Crippen molar-refractivity contribution >= 4 is 34.3 Å². The Labute approximate surface area is 195 Å². The van der Waals surface area contributed by atoms with Gasteiger partial charge < -0.3 is 14.6 Å². The minimum Gasteiger partial charge on any atom is -0.441 e. The van der Waals surface area contributed by atoms with Gasteiger partial charge in [0.1, 0.15) is 11.2 Å². The number of amides is 2. The van der Waals surface area contributed by atoms with Gasteiger partial charge in [-0.1, -0.05) is 35.9 Å². The first kappa shape index (κ1) is 21.3. The molecular formula is C25H24N4O3S. The average Bonchev–Trinajstić information content (AvgIpc) is 3.34. The van der Waals surface area contributed by atoms with Crippen molar-refractivity contribution in [2.45, 2.75) is 33.2 Å². The topological polar surface area (TPSA) is 88.3 Å². The largest absolute Gasteiger partial charge is 0.441 e. The van der Waals surface area contributed by atoms with E-state index in [-0.39, 0.29) is 17.9 Å². The maximum absolute atomic E-state index is 13.4. The SMILES string of the molecule is Cc1cccc(-c2sc(C)nc2C(=O)N2CC[C@H]2CNC(=O)c2cccc3oc(C)nc23)c1. The van der Waals surface area contributed by atoms with Crippen LogP contribution in [0.2, 0.25) is 0 Å². The number of thiazole rings is 1. The molecule has 2 aromatic heterocycles. The lowest BCUT2D eigenvalue weighted by Gasteiger charge is -2.40. The number of nitrogens with one attached hydrogen (secondary N) is 1. The molecule has 0 aliphatic carbocycles. The molecule has 1 fully saturated rings. The fourth-order valence-electron chi connectivity index (χ4n) is 4.16. The van der Waals surface area contributed by atoms with Gasteiger partial charge in [-0.05, 0) is 38.0 Å². The number of nitrogens with zero attached hydrogens (tertiary/aromatic N) is 3. The molecule has 5 rings (SSSR count). The first-order chi connectivity index (χ1) is 15.9. The lowest BCUT2D eigenvalue weighted by molar-refractivity contribution is 0.0451. The van der Waals surface area contributed by atoms with E-state index < -0.39 is 0 Å². The highest BCUT2D eigenvalue weighted by Gasteiger charge is 2.35. The van der Waals surface area contributed by atoms with Crippen LogP contribution in [0.4, 0.5) is 0 Å². The third kappa shape index (κ3) is 4.02. The summed E-state index contributed by atoms with van der Waals surface area (Å²) in [4.78, 5) is 37.8. The third-order valence-electron chi connectivity index (χ3n) is 5.89. The van der Waals surface area contributed by atoms with E-state index in [1.807, 2.05) is 32.0 Å². The summed E-state index contributed by atoms with van der Waals surface area (Å²) in [6.45, 7) is 6.74. The summed E-state index contributed by atoms with van der Waals surface area (Å²) in [7, 11) is 0. The van der Waals surface area contributed by atoms with E-state index in [2.05, 4.69) is 21.4 Å². The zero-order valence-corrected chi connectivity index (χ0v) is 19.5. The number of oxazole rings is 1. The Balaban J connectivity index is 1.30. The number of rotatable bonds is 5. The van der Waals surface area contributed by atoms with E-state index in [9.17, 15) is 9.59 Å². The van der Waals surface area contributed by atoms with Crippen molar-refractivity contribution in [3.63, 3.8) is 0 Å². The summed E-state index contributed by atoms with van der Waals surface area (Å²) < 4.78 is 5.52. The van der Waals surface area contributed by atoms with Gasteiger partial charge in [-0.25, -0.2) is 9.97 Å². The van der Waals surface area contributed by atoms with Crippen LogP contribution in [0, 0.1) is 20.8 Å². The molecule has 0 saturated carbocycles. The summed E-state index contributed by atoms with van der Waals surface area (Å²) in [5, 5.41) is 3.82. The minimum atomic E-state index is -0.224. The highest BCUT2D eigenvalue weighted by atomic mass is 32.1. The zero-order valence-electron chi connectivity index (χ0n) is 18.7. The second kappa shape index (κ2) is 8.44. The van der Waals surface area contributed by atoms with Crippen molar-refractivity contribution in [1.29, 1.82) is 0 Å². The van der Waals surface area contributed by atoms with Crippen LogP contribution in [0.25, 0.3) is 21.5 Å². The van der Waals surface area contributed by atoms with E-state index in [0.717, 1.165) is 27.4 Å². The molecule has 0 radical (unpaired) electrons. The Morgan fingerprint density at radius 3 is 2.73 bits per heavy atom. The van der Waals surface area contributed by atoms with E-state index in [4.69, 9.17) is 4.42 Å². The molecule has 2 amide bonds. The lowest BCUT2D eigenvalue weighted by Crippen LogP contribution is -2.56. The summed E-state index contributed by atoms with van der Waals surface area (Å²) in [5.74, 6) is 0.206. The van der Waals surface area contributed by atoms with E-state index >= 15 is 0 Å². The van der Waals surface area contributed by atoms with Crippen molar-refractivity contribution in [3.05, 3.63) is 70.2 Å². The molecule has 1 atom stereocenters. The van der Waals surface area contributed by atoms with Crippen LogP contribution in [-0.2, 0) is 0 Å². The second-order valence-corrected chi connectivity index (χ2v) is 9.52. The lowest BCUT2D eigenvalue weighted by atomic mass is 10.0. The van der Waals surface area contributed by atoms with Crippen molar-refractivity contribution in [2.75, 3.05) is 13.1 Å². The molecule has 0 spiro atoms. The molecule has 4 aromatic rings. The average molecular weight is 461 g/mol. The molecule has 2 aromatic carbocycles. The Hall–Kier alpha value is -3.52. The van der Waals surface area contributed by atoms with Gasteiger partial charge in [0.15, 0.2) is 11.5 Å². The van der Waals surface area contributed by atoms with Gasteiger partial charge in [0.05, 0.1) is 21.5 Å². The third-order valence-corrected chi connectivity index (χ3v) is 6.91. The van der Waals surface area contributed by atoms with Crippen molar-refractivity contribution in [3.8, 4) is 10.4 Å². The van der Waals surface area contributed by atoms with Crippen LogP contribution in [0.1, 0.15) is 43.7 Å². The molecule has 3 heterocycles. The van der Waals surface area contributed by atoms with E-state index in [1.165, 1.54) is 11.3 Å². The number of carbonyl (C=O) groups excluding carboxylic acids is 2. The van der Waals surface area contributed by atoms with Gasteiger partial charge >= 0.3 is 0 Å². The Morgan fingerprint density at radius 1 is 1.15 bits per heavy atom. The first-order valence-electron chi connectivity index (χ1n) is 10.9. The van der Waals surface area contributed by atoms with Gasteiger partial charge in [0.2, 0.25) is 0 Å². The van der Waals surface area contributed by atoms with Crippen molar-refractivity contribution in [1.82, 2.24) is 20.2 Å². The number of benzene rings is 2. The zero-order chi connectivity index (χ0) is 23.1. The molecule has 168 valence electrons. The molecule has 0 unspecified atom stereocenters. The van der Waals surface area contributed by atoms with Crippen molar-refractivity contribution in [2.24, 2.45) is 0 Å². The summed E-state index contributed by atoms with van der Waals surface area (Å²) in [5.41, 5.74) is 4.24. The van der Waals surface area contributed by atoms with E-state index in [1.54, 1.807) is 30.0 Å². The molecule has 33 heavy (non-hydrogen) atoms. The maximum Gasteiger partial charge on any atom is 0.274 e. The number of para-hydroxylation sites is 1. The summed E-state index contributed by atoms with van der Waals surface area (Å²) in [6.07, 6.45) is 0.836. The number of hydrogen-bond donors (Lipinski definition) is 1. The number of likely N-dealkylation sites (tertiary alicyclic amines) is 1. The van der Waals surface area contributed by atoms with Crippen molar-refractivity contribution < 1.29 is 14.0 Å². The van der Waals surface area contributed by atoms with Gasteiger partial charge in [0, 0.05) is 20.0 Å². The number of fused-ring (bicyclic) bond motifs is 1. The predicted octanol–water partition coefficient (Wildman–Crippen LogP) is 4.52. The molecule has 7 nitrogen and oxygen atoms in total. The van der Waals surface area contributed by atoms with Gasteiger partial charge in [-0.3, -0.25) is 9.59 Å². The molecule has 8 heteroatoms. The molecule has 1 aliphatic rings. The maximum atomic E-state index is 13.4. The molecule has 1 saturated heterocycles. The van der Waals surface area contributed by atoms with Gasteiger partial charge in [-0.15, -0.1) is 11.3 Å². The number of aromatic nitrogens is 2. The highest BCUT2D eigenvalue weighted by molar-refractivity contribution is 7.15. The Morgan fingerprint density at radius 2 is 1.97 bits per heavy atom. The summed E-state index contributed by atoms with van der Waals surface area (Å²) in [6, 6.07) is 13.3. The number of carbonyl (C=O) groups is 2.